The first-order chi connectivity index (χ1) is 29.0. The molecule has 0 saturated carbocycles. The molecule has 10 aromatic carbocycles. The van der Waals surface area contributed by atoms with Gasteiger partial charge in [-0.15, -0.1) is 0 Å². The van der Waals surface area contributed by atoms with Gasteiger partial charge < -0.3 is 8.83 Å². The number of rotatable bonds is 3. The maximum absolute atomic E-state index is 6.98. The topological polar surface area (TPSA) is 26.3 Å². The predicted octanol–water partition coefficient (Wildman–Crippen LogP) is 16.3. The zero-order valence-corrected chi connectivity index (χ0v) is 32.6. The van der Waals surface area contributed by atoms with E-state index in [0.717, 1.165) is 54.8 Å². The quantitative estimate of drug-likeness (QED) is 0.168. The van der Waals surface area contributed by atoms with Gasteiger partial charge >= 0.3 is 0 Å². The number of hydrogen-bond acceptors (Lipinski definition) is 2. The highest BCUT2D eigenvalue weighted by atomic mass is 16.3. The van der Waals surface area contributed by atoms with Crippen molar-refractivity contribution in [3.63, 3.8) is 0 Å². The van der Waals surface area contributed by atoms with E-state index in [0.29, 0.717) is 0 Å². The van der Waals surface area contributed by atoms with E-state index in [1.54, 1.807) is 0 Å². The number of hydrogen-bond donors (Lipinski definition) is 0. The van der Waals surface area contributed by atoms with Gasteiger partial charge in [-0.2, -0.15) is 0 Å². The van der Waals surface area contributed by atoms with Gasteiger partial charge in [0.05, 0.1) is 0 Å². The lowest BCUT2D eigenvalue weighted by atomic mass is 9.82. The summed E-state index contributed by atoms with van der Waals surface area (Å²) in [6.45, 7) is 4.65. The van der Waals surface area contributed by atoms with Crippen molar-refractivity contribution in [1.29, 1.82) is 0 Å². The molecule has 2 heteroatoms. The second-order valence-corrected chi connectivity index (χ2v) is 16.7. The molecule has 0 atom stereocenters. The smallest absolute Gasteiger partial charge is 0.143 e. The van der Waals surface area contributed by atoms with E-state index in [9.17, 15) is 0 Å². The van der Waals surface area contributed by atoms with Gasteiger partial charge in [-0.3, -0.25) is 0 Å². The summed E-state index contributed by atoms with van der Waals surface area (Å²) in [6.07, 6.45) is 0. The summed E-state index contributed by atoms with van der Waals surface area (Å²) in [5.41, 5.74) is 16.0. The molecule has 0 bridgehead atoms. The molecule has 276 valence electrons. The van der Waals surface area contributed by atoms with Gasteiger partial charge in [0, 0.05) is 49.0 Å². The molecule has 59 heavy (non-hydrogen) atoms. The molecule has 0 saturated heterocycles. The Morgan fingerprint density at radius 1 is 0.305 bits per heavy atom. The lowest BCUT2D eigenvalue weighted by Gasteiger charge is -2.21. The summed E-state index contributed by atoms with van der Waals surface area (Å²) in [4.78, 5) is 0. The van der Waals surface area contributed by atoms with Crippen LogP contribution in [0.4, 0.5) is 0 Å². The SMILES string of the molecule is CC1(C)c2ccccc2-c2c1ccc1c2oc2c3ccccc3c(-c3ccc(-c4c5ccccc5c(-c5cccc6c5oc5ccccc56)c5ccccc45)cc3)cc12. The Morgan fingerprint density at radius 3 is 1.59 bits per heavy atom. The fourth-order valence-electron chi connectivity index (χ4n) is 10.6. The summed E-state index contributed by atoms with van der Waals surface area (Å²) in [5, 5.41) is 11.8. The molecule has 0 N–H and O–H groups in total. The minimum atomic E-state index is -0.0897. The minimum Gasteiger partial charge on any atom is -0.455 e. The third-order valence-corrected chi connectivity index (χ3v) is 13.3. The van der Waals surface area contributed by atoms with Crippen molar-refractivity contribution in [2.45, 2.75) is 19.3 Å². The largest absolute Gasteiger partial charge is 0.455 e. The molecule has 0 radical (unpaired) electrons. The van der Waals surface area contributed by atoms with E-state index in [-0.39, 0.29) is 5.41 Å². The first-order valence-electron chi connectivity index (χ1n) is 20.5. The highest BCUT2D eigenvalue weighted by Gasteiger charge is 2.37. The molecule has 0 spiro atoms. The van der Waals surface area contributed by atoms with Crippen molar-refractivity contribution in [3.8, 4) is 44.5 Å². The Bertz CT molecular complexity index is 3690. The number of furan rings is 2. The average molecular weight is 753 g/mol. The molecule has 0 aliphatic heterocycles. The van der Waals surface area contributed by atoms with Crippen LogP contribution in [0.3, 0.4) is 0 Å². The van der Waals surface area contributed by atoms with Gasteiger partial charge in [-0.25, -0.2) is 0 Å². The summed E-state index contributed by atoms with van der Waals surface area (Å²) in [6, 6.07) is 66.3. The highest BCUT2D eigenvalue weighted by Crippen LogP contribution is 2.53. The molecule has 2 nitrogen and oxygen atoms in total. The van der Waals surface area contributed by atoms with E-state index in [4.69, 9.17) is 8.83 Å². The maximum atomic E-state index is 6.98. The van der Waals surface area contributed by atoms with Crippen molar-refractivity contribution >= 4 is 76.2 Å². The van der Waals surface area contributed by atoms with Crippen molar-refractivity contribution in [2.75, 3.05) is 0 Å². The molecule has 2 heterocycles. The van der Waals surface area contributed by atoms with Gasteiger partial charge in [-0.05, 0) is 78.0 Å². The number of benzene rings is 10. The van der Waals surface area contributed by atoms with Crippen LogP contribution in [0.1, 0.15) is 25.0 Å². The summed E-state index contributed by atoms with van der Waals surface area (Å²) in [5.74, 6) is 0. The predicted molar refractivity (Wildman–Crippen MR) is 247 cm³/mol. The minimum absolute atomic E-state index is 0.0897. The van der Waals surface area contributed by atoms with E-state index in [1.807, 2.05) is 6.07 Å². The second kappa shape index (κ2) is 11.8. The lowest BCUT2D eigenvalue weighted by molar-refractivity contribution is 0.654. The van der Waals surface area contributed by atoms with Crippen LogP contribution in [-0.2, 0) is 5.41 Å². The second-order valence-electron chi connectivity index (χ2n) is 16.7. The summed E-state index contributed by atoms with van der Waals surface area (Å²) in [7, 11) is 0. The van der Waals surface area contributed by atoms with E-state index >= 15 is 0 Å². The summed E-state index contributed by atoms with van der Waals surface area (Å²) < 4.78 is 13.6. The Balaban J connectivity index is 1.00. The average Bonchev–Trinajstić information content (AvgIpc) is 3.93. The lowest BCUT2D eigenvalue weighted by Crippen LogP contribution is -2.14. The fraction of sp³-hybridized carbons (Fsp3) is 0.0526. The third-order valence-electron chi connectivity index (χ3n) is 13.3. The molecule has 13 rings (SSSR count). The first kappa shape index (κ1) is 32.6. The van der Waals surface area contributed by atoms with Crippen LogP contribution in [0, 0.1) is 0 Å². The van der Waals surface area contributed by atoms with Crippen LogP contribution < -0.4 is 0 Å². The first-order valence-corrected chi connectivity index (χ1v) is 20.5. The third kappa shape index (κ3) is 4.41. The van der Waals surface area contributed by atoms with Crippen LogP contribution in [0.2, 0.25) is 0 Å². The van der Waals surface area contributed by atoms with E-state index in [2.05, 4.69) is 190 Å². The van der Waals surface area contributed by atoms with Gasteiger partial charge in [-0.1, -0.05) is 184 Å². The molecule has 0 amide bonds. The van der Waals surface area contributed by atoms with Crippen LogP contribution in [0.15, 0.2) is 191 Å². The molecule has 2 aromatic heterocycles. The molecule has 1 aliphatic rings. The van der Waals surface area contributed by atoms with Crippen LogP contribution >= 0.6 is 0 Å². The molecule has 0 unspecified atom stereocenters. The summed E-state index contributed by atoms with van der Waals surface area (Å²) >= 11 is 0. The Labute approximate surface area is 340 Å². The van der Waals surface area contributed by atoms with Crippen molar-refractivity contribution < 1.29 is 8.83 Å². The monoisotopic (exact) mass is 752 g/mol. The zero-order valence-electron chi connectivity index (χ0n) is 32.6. The highest BCUT2D eigenvalue weighted by molar-refractivity contribution is 6.25. The maximum Gasteiger partial charge on any atom is 0.143 e. The van der Waals surface area contributed by atoms with Crippen molar-refractivity contribution in [1.82, 2.24) is 0 Å². The van der Waals surface area contributed by atoms with Crippen LogP contribution in [0.5, 0.6) is 0 Å². The Hall–Kier alpha value is -7.42. The number of fused-ring (bicyclic) bond motifs is 14. The standard InChI is InChI=1S/C57H36O2/c1-57(2)48-24-11-9-21-44(48)53-49(57)31-30-43-47-32-46(35-14-3-8-20-41(35)55(47)59-56(43)53)33-26-28-34(29-27-33)51-37-16-4-6-18-39(37)52(40-19-7-5-17-38(40)51)45-23-13-22-42-36-15-10-12-25-50(36)58-54(42)45/h3-32H,1-2H3. The molecular weight excluding hydrogens is 717 g/mol. The normalized spacial score (nSPS) is 13.4. The van der Waals surface area contributed by atoms with Gasteiger partial charge in [0.2, 0.25) is 0 Å². The Morgan fingerprint density at radius 2 is 0.847 bits per heavy atom. The molecule has 12 aromatic rings. The number of para-hydroxylation sites is 2. The van der Waals surface area contributed by atoms with Crippen LogP contribution in [0.25, 0.3) is 121 Å². The van der Waals surface area contributed by atoms with E-state index < -0.39 is 0 Å². The van der Waals surface area contributed by atoms with Crippen molar-refractivity contribution in [2.24, 2.45) is 0 Å². The Kier molecular flexibility index (Phi) is 6.54. The molecule has 1 aliphatic carbocycles. The van der Waals surface area contributed by atoms with Gasteiger partial charge in [0.1, 0.15) is 22.3 Å². The van der Waals surface area contributed by atoms with Crippen LogP contribution in [-0.4, -0.2) is 0 Å². The van der Waals surface area contributed by atoms with Gasteiger partial charge in [0.15, 0.2) is 0 Å². The van der Waals surface area contributed by atoms with Crippen molar-refractivity contribution in [3.05, 3.63) is 193 Å². The van der Waals surface area contributed by atoms with E-state index in [1.165, 1.54) is 77.0 Å². The zero-order chi connectivity index (χ0) is 39.0. The fourth-order valence-corrected chi connectivity index (χ4v) is 10.6. The van der Waals surface area contributed by atoms with Gasteiger partial charge in [0.25, 0.3) is 0 Å². The molecular formula is C57H36O2. The molecule has 0 fully saturated rings.